The third-order valence-corrected chi connectivity index (χ3v) is 0.940. The Balaban J connectivity index is -0.000000185. The molecular weight excluding hydrogens is 242 g/mol. The first-order chi connectivity index (χ1) is 5.93. The molecule has 0 aliphatic rings. The van der Waals surface area contributed by atoms with E-state index < -0.39 is 10.4 Å². The van der Waals surface area contributed by atoms with Gasteiger partial charge in [0.15, 0.2) is 0 Å². The van der Waals surface area contributed by atoms with Gasteiger partial charge in [-0.3, -0.25) is 14.3 Å². The van der Waals surface area contributed by atoms with Gasteiger partial charge in [0, 0.05) is 16.1 Å². The average molecular weight is 250 g/mol. The molecule has 9 heteroatoms. The summed E-state index contributed by atoms with van der Waals surface area (Å²) in [4.78, 5) is 0. The third kappa shape index (κ3) is 20.8. The quantitative estimate of drug-likeness (QED) is 0.168. The standard InChI is InChI=1S/C6H8N2.2Na.H2O4S/c7-8-6-4-2-1-3-5-6;;;1-5(2,3)4/h1-5,8H,7H2;;;(H2,1,2,3,4)/q;2*+1;/p-2. The predicted molar refractivity (Wildman–Crippen MR) is 44.7 cm³/mol. The number of hydrogen-bond acceptors (Lipinski definition) is 6. The number of nitrogens with one attached hydrogen (secondary N) is 1. The van der Waals surface area contributed by atoms with Crippen molar-refractivity contribution in [1.29, 1.82) is 0 Å². The maximum absolute atomic E-state index is 8.52. The number of rotatable bonds is 1. The number of nitrogens with two attached hydrogens (primary N) is 1. The van der Waals surface area contributed by atoms with Crippen LogP contribution < -0.4 is 70.4 Å². The fraction of sp³-hybridized carbons (Fsp3) is 0. The zero-order chi connectivity index (χ0) is 10.3. The van der Waals surface area contributed by atoms with Gasteiger partial charge in [-0.2, -0.15) is 0 Å². The van der Waals surface area contributed by atoms with Gasteiger partial charge in [-0.05, 0) is 12.1 Å². The van der Waals surface area contributed by atoms with Crippen LogP contribution in [-0.4, -0.2) is 17.5 Å². The summed E-state index contributed by atoms with van der Waals surface area (Å²) in [5.41, 5.74) is 3.46. The minimum atomic E-state index is -5.17. The van der Waals surface area contributed by atoms with Crippen molar-refractivity contribution < 1.29 is 76.6 Å². The van der Waals surface area contributed by atoms with Crippen LogP contribution in [-0.2, 0) is 10.4 Å². The van der Waals surface area contributed by atoms with E-state index >= 15 is 0 Å². The van der Waals surface area contributed by atoms with Gasteiger partial charge in [-0.1, -0.05) is 18.2 Å². The van der Waals surface area contributed by atoms with Gasteiger partial charge >= 0.3 is 59.1 Å². The van der Waals surface area contributed by atoms with Crippen LogP contribution in [0.1, 0.15) is 0 Å². The molecule has 1 rings (SSSR count). The van der Waals surface area contributed by atoms with Crippen molar-refractivity contribution in [2.75, 3.05) is 5.43 Å². The van der Waals surface area contributed by atoms with Gasteiger partial charge in [0.05, 0.1) is 0 Å². The van der Waals surface area contributed by atoms with Gasteiger partial charge < -0.3 is 14.5 Å². The van der Waals surface area contributed by atoms with E-state index in [1.54, 1.807) is 0 Å². The van der Waals surface area contributed by atoms with Crippen LogP contribution in [0.15, 0.2) is 30.3 Å². The van der Waals surface area contributed by atoms with Gasteiger partial charge in [-0.25, -0.2) is 0 Å². The Bertz CT molecular complexity index is 324. The van der Waals surface area contributed by atoms with E-state index in [-0.39, 0.29) is 59.1 Å². The van der Waals surface area contributed by atoms with Crippen LogP contribution in [0.5, 0.6) is 0 Å². The molecule has 0 saturated carbocycles. The molecule has 0 amide bonds. The van der Waals surface area contributed by atoms with E-state index in [0.717, 1.165) is 5.69 Å². The summed E-state index contributed by atoms with van der Waals surface area (Å²) in [6, 6.07) is 9.60. The van der Waals surface area contributed by atoms with Crippen molar-refractivity contribution in [3.8, 4) is 0 Å². The molecule has 0 saturated heterocycles. The second-order valence-electron chi connectivity index (χ2n) is 1.92. The Kier molecular flexibility index (Phi) is 16.0. The molecule has 0 bridgehead atoms. The van der Waals surface area contributed by atoms with Gasteiger partial charge in [-0.15, -0.1) is 0 Å². The molecule has 0 radical (unpaired) electrons. The van der Waals surface area contributed by atoms with Gasteiger partial charge in [0.25, 0.3) is 0 Å². The number of hydrazine groups is 1. The predicted octanol–water partition coefficient (Wildman–Crippen LogP) is -6.36. The Morgan fingerprint density at radius 1 is 1.07 bits per heavy atom. The van der Waals surface area contributed by atoms with Crippen LogP contribution in [0.3, 0.4) is 0 Å². The summed E-state index contributed by atoms with van der Waals surface area (Å²) >= 11 is 0. The van der Waals surface area contributed by atoms with Crippen molar-refractivity contribution in [1.82, 2.24) is 0 Å². The first-order valence-electron chi connectivity index (χ1n) is 3.12. The number of para-hydroxylation sites is 1. The van der Waals surface area contributed by atoms with Crippen molar-refractivity contribution in [2.45, 2.75) is 0 Å². The van der Waals surface area contributed by atoms with Gasteiger partial charge in [0.2, 0.25) is 0 Å². The number of hydrogen-bond donors (Lipinski definition) is 2. The molecule has 6 nitrogen and oxygen atoms in total. The summed E-state index contributed by atoms with van der Waals surface area (Å²) < 4.78 is 34.1. The van der Waals surface area contributed by atoms with Crippen LogP contribution in [0.2, 0.25) is 0 Å². The second kappa shape index (κ2) is 11.3. The fourth-order valence-electron chi connectivity index (χ4n) is 0.534. The normalized spacial score (nSPS) is 8.47. The number of nitrogen functional groups attached to an aromatic ring is 1. The monoisotopic (exact) mass is 250 g/mol. The largest absolute Gasteiger partial charge is 1.00 e. The summed E-state index contributed by atoms with van der Waals surface area (Å²) in [5.74, 6) is 5.10. The second-order valence-corrected chi connectivity index (χ2v) is 2.74. The van der Waals surface area contributed by atoms with E-state index in [9.17, 15) is 0 Å². The molecule has 0 aliphatic carbocycles. The van der Waals surface area contributed by atoms with E-state index in [1.165, 1.54) is 0 Å². The summed E-state index contributed by atoms with van der Waals surface area (Å²) in [6.07, 6.45) is 0. The van der Waals surface area contributed by atoms with Crippen LogP contribution in [0.25, 0.3) is 0 Å². The van der Waals surface area contributed by atoms with E-state index in [4.69, 9.17) is 23.4 Å². The van der Waals surface area contributed by atoms with Crippen molar-refractivity contribution in [2.24, 2.45) is 5.84 Å². The van der Waals surface area contributed by atoms with Crippen molar-refractivity contribution >= 4 is 16.1 Å². The Labute approximate surface area is 133 Å². The zero-order valence-corrected chi connectivity index (χ0v) is 13.3. The molecule has 1 aromatic carbocycles. The molecule has 74 valence electrons. The molecule has 1 aromatic rings. The first kappa shape index (κ1) is 21.2. The molecule has 0 spiro atoms. The Morgan fingerprint density at radius 3 is 1.60 bits per heavy atom. The summed E-state index contributed by atoms with van der Waals surface area (Å²) in [7, 11) is -5.17. The minimum Gasteiger partial charge on any atom is -0.759 e. The van der Waals surface area contributed by atoms with Crippen LogP contribution in [0, 0.1) is 0 Å². The Morgan fingerprint density at radius 2 is 1.40 bits per heavy atom. The van der Waals surface area contributed by atoms with Crippen molar-refractivity contribution in [3.63, 3.8) is 0 Å². The molecule has 0 fully saturated rings. The molecule has 0 atom stereocenters. The average Bonchev–Trinajstić information content (AvgIpc) is 2.03. The molecule has 3 N–H and O–H groups in total. The van der Waals surface area contributed by atoms with Crippen molar-refractivity contribution in [3.05, 3.63) is 30.3 Å². The topological polar surface area (TPSA) is 118 Å². The first-order valence-corrected chi connectivity index (χ1v) is 4.45. The summed E-state index contributed by atoms with van der Waals surface area (Å²) in [6.45, 7) is 0. The Hall–Kier alpha value is 0.850. The molecule has 0 aromatic heterocycles. The molecule has 15 heavy (non-hydrogen) atoms. The van der Waals surface area contributed by atoms with E-state index in [0.29, 0.717) is 0 Å². The SMILES string of the molecule is NNc1ccccc1.O=S(=O)([O-])[O-].[Na+].[Na+]. The maximum atomic E-state index is 8.52. The maximum Gasteiger partial charge on any atom is 1.00 e. The number of anilines is 1. The zero-order valence-electron chi connectivity index (χ0n) is 8.51. The summed E-state index contributed by atoms with van der Waals surface area (Å²) in [5, 5.41) is 0. The fourth-order valence-corrected chi connectivity index (χ4v) is 0.534. The minimum absolute atomic E-state index is 0. The molecule has 0 aliphatic heterocycles. The smallest absolute Gasteiger partial charge is 0.759 e. The molecular formula is C6H8N2Na2O4S. The molecule has 0 unspecified atom stereocenters. The van der Waals surface area contributed by atoms with Crippen LogP contribution in [0.4, 0.5) is 5.69 Å². The van der Waals surface area contributed by atoms with Crippen LogP contribution >= 0.6 is 0 Å². The number of benzene rings is 1. The third-order valence-electron chi connectivity index (χ3n) is 0.940. The van der Waals surface area contributed by atoms with Gasteiger partial charge in [0.1, 0.15) is 0 Å². The molecule has 0 heterocycles. The van der Waals surface area contributed by atoms with E-state index in [2.05, 4.69) is 5.43 Å². The van der Waals surface area contributed by atoms with E-state index in [1.807, 2.05) is 30.3 Å².